The predicted octanol–water partition coefficient (Wildman–Crippen LogP) is 4.56. The lowest BCUT2D eigenvalue weighted by molar-refractivity contribution is -0.116. The molecule has 3 heteroatoms. The molecule has 0 aromatic heterocycles. The molecule has 6 aliphatic rings. The van der Waals surface area contributed by atoms with Crippen molar-refractivity contribution >= 4 is 0 Å². The van der Waals surface area contributed by atoms with Crippen LogP contribution in [-0.4, -0.2) is 35.6 Å². The zero-order chi connectivity index (χ0) is 18.6. The lowest BCUT2D eigenvalue weighted by atomic mass is 9.44. The molecule has 1 spiro atoms. The highest BCUT2D eigenvalue weighted by atomic mass is 16.6. The molecule has 3 nitrogen and oxygen atoms in total. The third-order valence-electron chi connectivity index (χ3n) is 10.9. The van der Waals surface area contributed by atoms with Crippen LogP contribution in [0.15, 0.2) is 0 Å². The van der Waals surface area contributed by atoms with Crippen LogP contribution in [0.3, 0.4) is 0 Å². The Morgan fingerprint density at radius 2 is 1.89 bits per heavy atom. The molecule has 11 atom stereocenters. The van der Waals surface area contributed by atoms with Crippen LogP contribution in [0.5, 0.6) is 0 Å². The number of epoxide rings is 2. The van der Waals surface area contributed by atoms with E-state index >= 15 is 0 Å². The van der Waals surface area contributed by atoms with Gasteiger partial charge in [-0.3, -0.25) is 0 Å². The molecule has 7 unspecified atom stereocenters. The molecule has 0 amide bonds. The Morgan fingerprint density at radius 3 is 2.67 bits per heavy atom. The Hall–Kier alpha value is -0.120. The average molecular weight is 375 g/mol. The second-order valence-corrected chi connectivity index (χ2v) is 11.8. The van der Waals surface area contributed by atoms with E-state index in [1.807, 2.05) is 0 Å². The van der Waals surface area contributed by atoms with E-state index in [9.17, 15) is 5.11 Å². The average Bonchev–Trinajstić information content (AvgIpc) is 3.51. The van der Waals surface area contributed by atoms with Crippen molar-refractivity contribution in [3.05, 3.63) is 0 Å². The smallest absolute Gasteiger partial charge is 0.103 e. The van der Waals surface area contributed by atoms with Gasteiger partial charge in [0.2, 0.25) is 0 Å². The quantitative estimate of drug-likeness (QED) is 0.737. The highest BCUT2D eigenvalue weighted by Crippen LogP contribution is 2.74. The summed E-state index contributed by atoms with van der Waals surface area (Å²) in [7, 11) is 0. The second kappa shape index (κ2) is 5.52. The van der Waals surface area contributed by atoms with Gasteiger partial charge >= 0.3 is 0 Å². The number of hydrogen-bond acceptors (Lipinski definition) is 3. The maximum absolute atomic E-state index is 10.3. The van der Waals surface area contributed by atoms with Gasteiger partial charge in [-0.15, -0.1) is 0 Å². The van der Waals surface area contributed by atoms with Crippen LogP contribution in [0.25, 0.3) is 0 Å². The van der Waals surface area contributed by atoms with Gasteiger partial charge in [0, 0.05) is 11.8 Å². The van der Waals surface area contributed by atoms with Gasteiger partial charge in [-0.1, -0.05) is 20.8 Å². The van der Waals surface area contributed by atoms with Gasteiger partial charge in [0.1, 0.15) is 5.60 Å². The van der Waals surface area contributed by atoms with E-state index < -0.39 is 0 Å². The molecular formula is C24H38O3. The van der Waals surface area contributed by atoms with Crippen molar-refractivity contribution in [2.24, 2.45) is 40.4 Å². The fourth-order valence-electron chi connectivity index (χ4n) is 9.42. The van der Waals surface area contributed by atoms with Gasteiger partial charge in [0.15, 0.2) is 0 Å². The predicted molar refractivity (Wildman–Crippen MR) is 104 cm³/mol. The molecule has 2 aliphatic heterocycles. The van der Waals surface area contributed by atoms with E-state index in [0.717, 1.165) is 49.0 Å². The maximum atomic E-state index is 10.3. The van der Waals surface area contributed by atoms with Gasteiger partial charge in [-0.25, -0.2) is 0 Å². The lowest BCUT2D eigenvalue weighted by Crippen LogP contribution is -2.58. The summed E-state index contributed by atoms with van der Waals surface area (Å²) >= 11 is 0. The van der Waals surface area contributed by atoms with E-state index in [4.69, 9.17) is 9.47 Å². The standard InChI is InChI=1S/C24H38O3/c1-14(10-16-13-26-16)18-4-5-19-17-11-21-24(27-21)12-15(25)6-9-23(24,3)20(17)7-8-22(18,19)2/h14-21,25H,4-13H2,1-3H3/t14-,15?,16+,17?,18?,19?,20?,21?,22-,23+,24?/m0/s1. The Labute approximate surface area is 164 Å². The first-order valence-electron chi connectivity index (χ1n) is 11.8. The summed E-state index contributed by atoms with van der Waals surface area (Å²) in [5, 5.41) is 10.3. The summed E-state index contributed by atoms with van der Waals surface area (Å²) in [6, 6.07) is 0. The summed E-state index contributed by atoms with van der Waals surface area (Å²) in [6.07, 6.45) is 12.2. The molecule has 152 valence electrons. The number of rotatable bonds is 3. The molecule has 0 aromatic carbocycles. The largest absolute Gasteiger partial charge is 0.393 e. The van der Waals surface area contributed by atoms with E-state index in [2.05, 4.69) is 20.8 Å². The summed E-state index contributed by atoms with van der Waals surface area (Å²) in [5.74, 6) is 4.28. The minimum Gasteiger partial charge on any atom is -0.393 e. The normalized spacial score (nSPS) is 62.0. The van der Waals surface area contributed by atoms with Gasteiger partial charge in [0.05, 0.1) is 24.9 Å². The van der Waals surface area contributed by atoms with Crippen LogP contribution in [0.4, 0.5) is 0 Å². The van der Waals surface area contributed by atoms with Crippen LogP contribution in [0, 0.1) is 40.4 Å². The number of aliphatic hydroxyl groups is 1. The van der Waals surface area contributed by atoms with Crippen LogP contribution in [-0.2, 0) is 9.47 Å². The van der Waals surface area contributed by atoms with Gasteiger partial charge in [-0.2, -0.15) is 0 Å². The number of aliphatic hydroxyl groups excluding tert-OH is 1. The van der Waals surface area contributed by atoms with Crippen molar-refractivity contribution in [2.75, 3.05) is 6.61 Å². The minimum absolute atomic E-state index is 0.0359. The molecule has 27 heavy (non-hydrogen) atoms. The fourth-order valence-corrected chi connectivity index (χ4v) is 9.42. The van der Waals surface area contributed by atoms with E-state index in [0.29, 0.717) is 23.0 Å². The molecule has 2 heterocycles. The summed E-state index contributed by atoms with van der Waals surface area (Å²) < 4.78 is 12.0. The molecule has 6 fully saturated rings. The molecule has 1 N–H and O–H groups in total. The van der Waals surface area contributed by atoms with Crippen molar-refractivity contribution < 1.29 is 14.6 Å². The summed E-state index contributed by atoms with van der Waals surface area (Å²) in [6.45, 7) is 8.70. The molecule has 4 saturated carbocycles. The van der Waals surface area contributed by atoms with Gasteiger partial charge in [0.25, 0.3) is 0 Å². The summed E-state index contributed by atoms with van der Waals surface area (Å²) in [4.78, 5) is 0. The highest BCUT2D eigenvalue weighted by Gasteiger charge is 2.76. The minimum atomic E-state index is -0.130. The van der Waals surface area contributed by atoms with E-state index in [-0.39, 0.29) is 11.7 Å². The van der Waals surface area contributed by atoms with Crippen LogP contribution >= 0.6 is 0 Å². The topological polar surface area (TPSA) is 45.3 Å². The summed E-state index contributed by atoms with van der Waals surface area (Å²) in [5.41, 5.74) is 0.885. The first kappa shape index (κ1) is 17.7. The van der Waals surface area contributed by atoms with E-state index in [1.54, 1.807) is 0 Å². The molecule has 0 bridgehead atoms. The third kappa shape index (κ3) is 2.26. The van der Waals surface area contributed by atoms with Crippen molar-refractivity contribution in [2.45, 2.75) is 102 Å². The molecule has 0 radical (unpaired) electrons. The maximum Gasteiger partial charge on any atom is 0.103 e. The Kier molecular flexibility index (Phi) is 3.62. The Balaban J connectivity index is 1.27. The van der Waals surface area contributed by atoms with Crippen LogP contribution in [0.2, 0.25) is 0 Å². The molecular weight excluding hydrogens is 336 g/mol. The fraction of sp³-hybridized carbons (Fsp3) is 1.00. The van der Waals surface area contributed by atoms with Crippen molar-refractivity contribution in [1.82, 2.24) is 0 Å². The number of hydrogen-bond donors (Lipinski definition) is 1. The zero-order valence-corrected chi connectivity index (χ0v) is 17.5. The van der Waals surface area contributed by atoms with Crippen LogP contribution < -0.4 is 0 Å². The van der Waals surface area contributed by atoms with Crippen LogP contribution in [0.1, 0.15) is 78.6 Å². The van der Waals surface area contributed by atoms with Gasteiger partial charge < -0.3 is 14.6 Å². The number of ether oxygens (including phenoxy) is 2. The van der Waals surface area contributed by atoms with E-state index in [1.165, 1.54) is 44.9 Å². The highest BCUT2D eigenvalue weighted by molar-refractivity contribution is 5.24. The van der Waals surface area contributed by atoms with Gasteiger partial charge in [-0.05, 0) is 86.4 Å². The molecule has 4 aliphatic carbocycles. The second-order valence-electron chi connectivity index (χ2n) is 11.8. The molecule has 6 rings (SSSR count). The first-order valence-corrected chi connectivity index (χ1v) is 11.8. The third-order valence-corrected chi connectivity index (χ3v) is 10.9. The molecule has 2 saturated heterocycles. The zero-order valence-electron chi connectivity index (χ0n) is 17.5. The number of fused-ring (bicyclic) bond motifs is 4. The Bertz CT molecular complexity index is 631. The SMILES string of the molecule is C[C@@H](C[C@@H]1CO1)C1CCC2C3CC4OC45CC(O)CC[C@]5(C)C3CC[C@]21C. The van der Waals surface area contributed by atoms with Crippen molar-refractivity contribution in [3.8, 4) is 0 Å². The monoisotopic (exact) mass is 374 g/mol. The molecule has 0 aromatic rings. The Morgan fingerprint density at radius 1 is 1.07 bits per heavy atom. The first-order chi connectivity index (χ1) is 12.9. The lowest BCUT2D eigenvalue weighted by Gasteiger charge is -2.59. The van der Waals surface area contributed by atoms with Crippen molar-refractivity contribution in [1.29, 1.82) is 0 Å². The van der Waals surface area contributed by atoms with Crippen molar-refractivity contribution in [3.63, 3.8) is 0 Å².